The zero-order chi connectivity index (χ0) is 24.5. The Hall–Kier alpha value is -1.32. The second-order valence-corrected chi connectivity index (χ2v) is 12.2. The van der Waals surface area contributed by atoms with Crippen LogP contribution in [0.25, 0.3) is 0 Å². The highest BCUT2D eigenvalue weighted by Crippen LogP contribution is 2.68. The maximum atomic E-state index is 14.0. The van der Waals surface area contributed by atoms with Gasteiger partial charge in [-0.2, -0.15) is 0 Å². The summed E-state index contributed by atoms with van der Waals surface area (Å²) in [5.74, 6) is -1.25. The van der Waals surface area contributed by atoms with Gasteiger partial charge in [-0.15, -0.1) is 24.9 Å². The summed E-state index contributed by atoms with van der Waals surface area (Å²) >= 11 is 5.44. The number of halogens is 1. The summed E-state index contributed by atoms with van der Waals surface area (Å²) in [6.45, 7) is 12.7. The number of fused-ring (bicyclic) bond motifs is 1. The predicted octanol–water partition coefficient (Wildman–Crippen LogP) is 2.29. The van der Waals surface area contributed by atoms with Crippen LogP contribution in [0.15, 0.2) is 25.3 Å². The minimum absolute atomic E-state index is 0.0392. The highest BCUT2D eigenvalue weighted by molar-refractivity contribution is 9.09. The van der Waals surface area contributed by atoms with Crippen molar-refractivity contribution in [1.29, 1.82) is 0 Å². The van der Waals surface area contributed by atoms with Crippen molar-refractivity contribution >= 4 is 45.4 Å². The average Bonchev–Trinajstić information content (AvgIpc) is 3.35. The molecule has 0 radical (unpaired) electrons. The van der Waals surface area contributed by atoms with Crippen molar-refractivity contribution in [2.75, 3.05) is 33.3 Å². The van der Waals surface area contributed by atoms with Crippen LogP contribution in [0.2, 0.25) is 0 Å². The number of nitrogens with zero attached hydrogens (tertiary/aromatic N) is 3. The van der Waals surface area contributed by atoms with E-state index < -0.39 is 22.6 Å². The number of thioether (sulfide) groups is 1. The van der Waals surface area contributed by atoms with Crippen LogP contribution in [-0.2, 0) is 14.4 Å². The Morgan fingerprint density at radius 1 is 1.27 bits per heavy atom. The van der Waals surface area contributed by atoms with Crippen molar-refractivity contribution in [2.24, 2.45) is 11.8 Å². The van der Waals surface area contributed by atoms with E-state index in [1.807, 2.05) is 13.8 Å². The molecule has 0 aromatic rings. The number of hydrogen-bond acceptors (Lipinski definition) is 5. The van der Waals surface area contributed by atoms with Crippen LogP contribution < -0.4 is 0 Å². The lowest BCUT2D eigenvalue weighted by Gasteiger charge is -2.39. The van der Waals surface area contributed by atoms with Gasteiger partial charge < -0.3 is 19.8 Å². The third kappa shape index (κ3) is 4.41. The largest absolute Gasteiger partial charge is 0.396 e. The Morgan fingerprint density at radius 3 is 2.52 bits per heavy atom. The Morgan fingerprint density at radius 2 is 1.94 bits per heavy atom. The number of rotatable bonds is 11. The van der Waals surface area contributed by atoms with Crippen LogP contribution in [0.4, 0.5) is 0 Å². The summed E-state index contributed by atoms with van der Waals surface area (Å²) in [5, 5.41) is 9.22. The van der Waals surface area contributed by atoms with Crippen molar-refractivity contribution in [3.8, 4) is 0 Å². The molecule has 2 bridgehead atoms. The van der Waals surface area contributed by atoms with Crippen LogP contribution in [0.1, 0.15) is 33.1 Å². The van der Waals surface area contributed by atoms with E-state index in [0.29, 0.717) is 38.9 Å². The van der Waals surface area contributed by atoms with Gasteiger partial charge in [0.25, 0.3) is 0 Å². The molecule has 1 N–H and O–H groups in total. The van der Waals surface area contributed by atoms with Crippen molar-refractivity contribution in [3.63, 3.8) is 0 Å². The molecule has 3 unspecified atom stereocenters. The molecule has 3 rings (SSSR count). The maximum Gasteiger partial charge on any atom is 0.247 e. The van der Waals surface area contributed by atoms with Crippen LogP contribution >= 0.6 is 27.7 Å². The van der Waals surface area contributed by atoms with Gasteiger partial charge in [0.15, 0.2) is 0 Å². The predicted molar refractivity (Wildman–Crippen MR) is 135 cm³/mol. The third-order valence-electron chi connectivity index (χ3n) is 7.13. The van der Waals surface area contributed by atoms with Gasteiger partial charge in [-0.25, -0.2) is 0 Å². The SMILES string of the molecule is C=CCN(C)C(=O)[C@H]1[C@@H]2SC3(CC2Br)C(C(=O)N(CC=C)C(C)C)N(CCCCO)C(=O)[C@H]13. The van der Waals surface area contributed by atoms with Crippen molar-refractivity contribution in [2.45, 2.75) is 60.0 Å². The van der Waals surface area contributed by atoms with Gasteiger partial charge in [0.2, 0.25) is 17.7 Å². The second-order valence-electron chi connectivity index (χ2n) is 9.51. The van der Waals surface area contributed by atoms with Gasteiger partial charge in [0, 0.05) is 49.4 Å². The first-order valence-corrected chi connectivity index (χ1v) is 13.5. The molecule has 3 aliphatic rings. The molecule has 6 atom stereocenters. The van der Waals surface area contributed by atoms with E-state index in [-0.39, 0.29) is 40.4 Å². The average molecular weight is 543 g/mol. The van der Waals surface area contributed by atoms with Crippen molar-refractivity contribution in [1.82, 2.24) is 14.7 Å². The fourth-order valence-electron chi connectivity index (χ4n) is 5.72. The molecule has 3 saturated heterocycles. The summed E-state index contributed by atoms with van der Waals surface area (Å²) in [7, 11) is 1.74. The van der Waals surface area contributed by atoms with E-state index >= 15 is 0 Å². The second kappa shape index (κ2) is 10.5. The molecule has 33 heavy (non-hydrogen) atoms. The molecule has 3 aliphatic heterocycles. The summed E-state index contributed by atoms with van der Waals surface area (Å²) in [6, 6.07) is -0.673. The molecule has 3 fully saturated rings. The molecule has 3 heterocycles. The fourth-order valence-corrected chi connectivity index (χ4v) is 9.32. The fraction of sp³-hybridized carbons (Fsp3) is 0.708. The lowest BCUT2D eigenvalue weighted by molar-refractivity contribution is -0.144. The monoisotopic (exact) mass is 541 g/mol. The van der Waals surface area contributed by atoms with E-state index in [2.05, 4.69) is 29.1 Å². The van der Waals surface area contributed by atoms with E-state index in [1.165, 1.54) is 0 Å². The number of amides is 3. The molecular weight excluding hydrogens is 506 g/mol. The zero-order valence-electron chi connectivity index (χ0n) is 19.8. The summed E-state index contributed by atoms with van der Waals surface area (Å²) in [5.41, 5.74) is 0. The molecule has 9 heteroatoms. The van der Waals surface area contributed by atoms with E-state index in [0.717, 1.165) is 0 Å². The van der Waals surface area contributed by atoms with Gasteiger partial charge in [-0.05, 0) is 33.1 Å². The van der Waals surface area contributed by atoms with Gasteiger partial charge >= 0.3 is 0 Å². The molecule has 3 amide bonds. The number of carbonyl (C=O) groups is 3. The highest BCUT2D eigenvalue weighted by atomic mass is 79.9. The van der Waals surface area contributed by atoms with Gasteiger partial charge in [-0.1, -0.05) is 28.1 Å². The van der Waals surface area contributed by atoms with E-state index in [9.17, 15) is 19.5 Å². The lowest BCUT2D eigenvalue weighted by Crippen LogP contribution is -2.57. The number of likely N-dealkylation sites (N-methyl/N-ethyl adjacent to an activating group) is 1. The van der Waals surface area contributed by atoms with Crippen LogP contribution in [0.5, 0.6) is 0 Å². The number of aliphatic hydroxyl groups is 1. The Bertz CT molecular complexity index is 809. The smallest absolute Gasteiger partial charge is 0.247 e. The number of hydrogen-bond donors (Lipinski definition) is 1. The van der Waals surface area contributed by atoms with Crippen LogP contribution in [-0.4, -0.2) is 97.7 Å². The highest BCUT2D eigenvalue weighted by Gasteiger charge is 2.75. The summed E-state index contributed by atoms with van der Waals surface area (Å²) < 4.78 is -0.643. The van der Waals surface area contributed by atoms with Gasteiger partial charge in [0.1, 0.15) is 6.04 Å². The molecular formula is C24H36BrN3O4S. The molecule has 184 valence electrons. The normalized spacial score (nSPS) is 32.2. The summed E-state index contributed by atoms with van der Waals surface area (Å²) in [4.78, 5) is 46.5. The molecule has 0 aromatic heterocycles. The summed E-state index contributed by atoms with van der Waals surface area (Å²) in [6.07, 6.45) is 5.23. The number of unbranched alkanes of at least 4 members (excludes halogenated alkanes) is 1. The van der Waals surface area contributed by atoms with E-state index in [1.54, 1.807) is 45.7 Å². The van der Waals surface area contributed by atoms with Crippen LogP contribution in [0, 0.1) is 11.8 Å². The quantitative estimate of drug-likeness (QED) is 0.246. The molecule has 7 nitrogen and oxygen atoms in total. The number of aliphatic hydroxyl groups excluding tert-OH is 1. The molecule has 0 saturated carbocycles. The third-order valence-corrected chi connectivity index (χ3v) is 10.3. The maximum absolute atomic E-state index is 14.0. The standard InChI is InChI=1S/C24H36BrN3O4S/c1-6-10-26(5)21(30)17-18-22(31)28(12-8-9-13-29)20(23(32)27(11-7-2)15(3)4)24(18)14-16(25)19(17)33-24/h6-7,15-20,29H,1-2,8-14H2,3-5H3/t16?,17-,18+,19-,20?,24?/m1/s1. The lowest BCUT2D eigenvalue weighted by atomic mass is 9.70. The van der Waals surface area contributed by atoms with Crippen molar-refractivity contribution in [3.05, 3.63) is 25.3 Å². The first-order valence-electron chi connectivity index (χ1n) is 11.7. The Balaban J connectivity index is 2.05. The van der Waals surface area contributed by atoms with Gasteiger partial charge in [-0.3, -0.25) is 14.4 Å². The zero-order valence-corrected chi connectivity index (χ0v) is 22.2. The molecule has 0 aliphatic carbocycles. The first-order chi connectivity index (χ1) is 15.7. The van der Waals surface area contributed by atoms with E-state index in [4.69, 9.17) is 0 Å². The number of alkyl halides is 1. The first kappa shape index (κ1) is 26.3. The minimum Gasteiger partial charge on any atom is -0.396 e. The Labute approximate surface area is 209 Å². The van der Waals surface area contributed by atoms with Gasteiger partial charge in [0.05, 0.1) is 16.6 Å². The van der Waals surface area contributed by atoms with Crippen molar-refractivity contribution < 1.29 is 19.5 Å². The van der Waals surface area contributed by atoms with Crippen LogP contribution in [0.3, 0.4) is 0 Å². The molecule has 0 aromatic carbocycles. The number of carbonyl (C=O) groups excluding carboxylic acids is 3. The topological polar surface area (TPSA) is 81.2 Å². The Kier molecular flexibility index (Phi) is 8.38. The number of likely N-dealkylation sites (tertiary alicyclic amines) is 1. The molecule has 1 spiro atoms. The minimum atomic E-state index is -0.643.